The van der Waals surface area contributed by atoms with Gasteiger partial charge in [0, 0.05) is 34.6 Å². The molecule has 1 saturated heterocycles. The summed E-state index contributed by atoms with van der Waals surface area (Å²) < 4.78 is 30.6. The number of aliphatic hydroxyl groups is 1. The molecule has 0 aromatic rings. The third-order valence-corrected chi connectivity index (χ3v) is 4.52. The number of methoxy groups -OCH3 is 1. The van der Waals surface area contributed by atoms with E-state index < -0.39 is 85.0 Å². The van der Waals surface area contributed by atoms with E-state index in [1.54, 1.807) is 0 Å². The molecular weight excluding hydrogens is 462 g/mol. The molecule has 1 rings (SSSR count). The molecule has 6 atom stereocenters. The third-order valence-electron chi connectivity index (χ3n) is 4.52. The van der Waals surface area contributed by atoms with Crippen LogP contribution in [0.1, 0.15) is 41.0 Å². The minimum atomic E-state index is -2.71. The van der Waals surface area contributed by atoms with E-state index in [9.17, 15) is 33.9 Å². The highest BCUT2D eigenvalue weighted by atomic mass is 16.7. The Balaban J connectivity index is 3.64. The van der Waals surface area contributed by atoms with Gasteiger partial charge in [0.25, 0.3) is 5.79 Å². The summed E-state index contributed by atoms with van der Waals surface area (Å²) in [5.74, 6) is -7.98. The standard InChI is InChI=1S/C20H29NO13/c1-9(22)21-16-14(31-11(3)24)7-20(28,19(27)29-6)34-18(16)17(33-13(5)26)15(32-12(4)25)8-30-10(2)23/h14-18,28H,7-8H2,1-6H3,(H,21,22)/t14-,15+,16+,17-,18+,20?/m0/s1. The van der Waals surface area contributed by atoms with E-state index in [4.69, 9.17) is 23.7 Å². The molecule has 1 unspecified atom stereocenters. The summed E-state index contributed by atoms with van der Waals surface area (Å²) in [4.78, 5) is 70.9. The maximum atomic E-state index is 12.3. The molecule has 192 valence electrons. The summed E-state index contributed by atoms with van der Waals surface area (Å²) in [6.07, 6.45) is -6.86. The van der Waals surface area contributed by atoms with Crippen molar-refractivity contribution in [1.29, 1.82) is 0 Å². The maximum absolute atomic E-state index is 12.3. The minimum absolute atomic E-state index is 0.617. The van der Waals surface area contributed by atoms with Crippen LogP contribution < -0.4 is 5.32 Å². The zero-order valence-corrected chi connectivity index (χ0v) is 19.6. The Morgan fingerprint density at radius 2 is 1.56 bits per heavy atom. The van der Waals surface area contributed by atoms with E-state index in [1.807, 2.05) is 0 Å². The van der Waals surface area contributed by atoms with Crippen LogP contribution in [-0.4, -0.2) is 90.8 Å². The first-order valence-electron chi connectivity index (χ1n) is 10.1. The number of hydrogen-bond acceptors (Lipinski definition) is 13. The van der Waals surface area contributed by atoms with Crippen molar-refractivity contribution in [2.75, 3.05) is 13.7 Å². The Morgan fingerprint density at radius 1 is 0.971 bits per heavy atom. The number of carbonyl (C=O) groups excluding carboxylic acids is 6. The Kier molecular flexibility index (Phi) is 10.4. The first kappa shape index (κ1) is 28.8. The normalized spacial score (nSPS) is 25.7. The average Bonchev–Trinajstić information content (AvgIpc) is 2.69. The van der Waals surface area contributed by atoms with Gasteiger partial charge >= 0.3 is 29.8 Å². The lowest BCUT2D eigenvalue weighted by atomic mass is 9.88. The Hall–Kier alpha value is -3.26. The molecule has 1 aliphatic heterocycles. The molecule has 0 bridgehead atoms. The van der Waals surface area contributed by atoms with Crippen molar-refractivity contribution in [3.05, 3.63) is 0 Å². The zero-order valence-electron chi connectivity index (χ0n) is 19.6. The van der Waals surface area contributed by atoms with Crippen LogP contribution in [-0.2, 0) is 57.2 Å². The highest BCUT2D eigenvalue weighted by molar-refractivity contribution is 5.78. The molecule has 34 heavy (non-hydrogen) atoms. The van der Waals surface area contributed by atoms with E-state index in [2.05, 4.69) is 10.1 Å². The third kappa shape index (κ3) is 8.26. The van der Waals surface area contributed by atoms with Crippen molar-refractivity contribution in [2.24, 2.45) is 0 Å². The molecule has 0 saturated carbocycles. The number of rotatable bonds is 9. The first-order valence-corrected chi connectivity index (χ1v) is 10.1. The molecule has 0 aromatic heterocycles. The van der Waals surface area contributed by atoms with Gasteiger partial charge in [-0.1, -0.05) is 0 Å². The summed E-state index contributed by atoms with van der Waals surface area (Å²) in [6, 6.07) is -1.31. The van der Waals surface area contributed by atoms with Crippen molar-refractivity contribution < 1.29 is 62.3 Å². The smallest absolute Gasteiger partial charge is 0.366 e. The molecule has 0 aromatic carbocycles. The second kappa shape index (κ2) is 12.3. The van der Waals surface area contributed by atoms with Gasteiger partial charge in [-0.3, -0.25) is 24.0 Å². The quantitative estimate of drug-likeness (QED) is 0.280. The number of ether oxygens (including phenoxy) is 6. The van der Waals surface area contributed by atoms with Crippen LogP contribution in [0.2, 0.25) is 0 Å². The SMILES string of the molecule is COC(=O)C1(O)C[C@H](OC(C)=O)[C@@H](NC(C)=O)[C@H]([C@@H](OC(C)=O)[C@@H](COC(C)=O)OC(C)=O)O1. The van der Waals surface area contributed by atoms with Gasteiger partial charge in [-0.25, -0.2) is 4.79 Å². The van der Waals surface area contributed by atoms with Gasteiger partial charge in [-0.2, -0.15) is 0 Å². The van der Waals surface area contributed by atoms with E-state index in [-0.39, 0.29) is 0 Å². The highest BCUT2D eigenvalue weighted by Crippen LogP contribution is 2.34. The van der Waals surface area contributed by atoms with E-state index in [1.165, 1.54) is 0 Å². The number of amides is 1. The van der Waals surface area contributed by atoms with Crippen molar-refractivity contribution >= 4 is 35.8 Å². The Morgan fingerprint density at radius 3 is 2.00 bits per heavy atom. The first-order chi connectivity index (χ1) is 15.7. The van der Waals surface area contributed by atoms with Gasteiger partial charge < -0.3 is 38.8 Å². The Bertz CT molecular complexity index is 812. The van der Waals surface area contributed by atoms with Gasteiger partial charge in [0.05, 0.1) is 19.6 Å². The van der Waals surface area contributed by atoms with Crippen LogP contribution in [0.4, 0.5) is 0 Å². The molecule has 0 aliphatic carbocycles. The van der Waals surface area contributed by atoms with E-state index in [0.717, 1.165) is 41.7 Å². The molecule has 14 heteroatoms. The van der Waals surface area contributed by atoms with Crippen LogP contribution in [0, 0.1) is 0 Å². The minimum Gasteiger partial charge on any atom is -0.465 e. The number of esters is 5. The number of nitrogens with one attached hydrogen (secondary N) is 1. The molecular formula is C20H29NO13. The van der Waals surface area contributed by atoms with Crippen LogP contribution in [0.3, 0.4) is 0 Å². The molecule has 0 spiro atoms. The van der Waals surface area contributed by atoms with Crippen LogP contribution in [0.15, 0.2) is 0 Å². The molecule has 2 N–H and O–H groups in total. The fourth-order valence-electron chi connectivity index (χ4n) is 3.41. The van der Waals surface area contributed by atoms with Crippen molar-refractivity contribution in [1.82, 2.24) is 5.32 Å². The fourth-order valence-corrected chi connectivity index (χ4v) is 3.41. The monoisotopic (exact) mass is 491 g/mol. The second-order valence-electron chi connectivity index (χ2n) is 7.46. The van der Waals surface area contributed by atoms with Gasteiger partial charge in [-0.05, 0) is 0 Å². The van der Waals surface area contributed by atoms with Crippen molar-refractivity contribution in [2.45, 2.75) is 77.3 Å². The van der Waals surface area contributed by atoms with Crippen LogP contribution in [0.25, 0.3) is 0 Å². The van der Waals surface area contributed by atoms with Gasteiger partial charge in [0.1, 0.15) is 18.8 Å². The summed E-state index contributed by atoms with van der Waals surface area (Å²) >= 11 is 0. The number of hydrogen-bond donors (Lipinski definition) is 2. The molecule has 1 amide bonds. The topological polar surface area (TPSA) is 190 Å². The molecule has 0 radical (unpaired) electrons. The lowest BCUT2D eigenvalue weighted by Gasteiger charge is -2.46. The zero-order chi connectivity index (χ0) is 26.2. The Labute approximate surface area is 195 Å². The van der Waals surface area contributed by atoms with Crippen molar-refractivity contribution in [3.63, 3.8) is 0 Å². The van der Waals surface area contributed by atoms with Crippen molar-refractivity contribution in [3.8, 4) is 0 Å². The molecule has 1 aliphatic rings. The van der Waals surface area contributed by atoms with E-state index >= 15 is 0 Å². The van der Waals surface area contributed by atoms with Crippen LogP contribution in [0.5, 0.6) is 0 Å². The fraction of sp³-hybridized carbons (Fsp3) is 0.700. The molecule has 1 fully saturated rings. The van der Waals surface area contributed by atoms with Gasteiger partial charge in [0.15, 0.2) is 12.2 Å². The molecule has 1 heterocycles. The highest BCUT2D eigenvalue weighted by Gasteiger charge is 2.57. The summed E-state index contributed by atoms with van der Waals surface area (Å²) in [6.45, 7) is 4.69. The van der Waals surface area contributed by atoms with Gasteiger partial charge in [-0.15, -0.1) is 0 Å². The number of carbonyl (C=O) groups is 6. The van der Waals surface area contributed by atoms with Crippen LogP contribution >= 0.6 is 0 Å². The maximum Gasteiger partial charge on any atom is 0.366 e. The van der Waals surface area contributed by atoms with Gasteiger partial charge in [0.2, 0.25) is 5.91 Å². The second-order valence-corrected chi connectivity index (χ2v) is 7.46. The molecule has 14 nitrogen and oxygen atoms in total. The lowest BCUT2D eigenvalue weighted by molar-refractivity contribution is -0.299. The van der Waals surface area contributed by atoms with E-state index in [0.29, 0.717) is 0 Å². The predicted octanol–water partition coefficient (Wildman–Crippen LogP) is -1.50. The summed E-state index contributed by atoms with van der Waals surface area (Å²) in [7, 11) is 0.964. The largest absolute Gasteiger partial charge is 0.465 e. The summed E-state index contributed by atoms with van der Waals surface area (Å²) in [5.41, 5.74) is 0. The lowest BCUT2D eigenvalue weighted by Crippen LogP contribution is -2.68. The average molecular weight is 491 g/mol. The summed E-state index contributed by atoms with van der Waals surface area (Å²) in [5, 5.41) is 13.3. The predicted molar refractivity (Wildman–Crippen MR) is 107 cm³/mol.